The maximum atomic E-state index is 6.00. The summed E-state index contributed by atoms with van der Waals surface area (Å²) in [6.45, 7) is 7.34. The van der Waals surface area contributed by atoms with Crippen molar-refractivity contribution in [3.05, 3.63) is 34.6 Å². The van der Waals surface area contributed by atoms with E-state index in [1.807, 2.05) is 39.0 Å². The summed E-state index contributed by atoms with van der Waals surface area (Å²) in [5.74, 6) is 1.35. The Balaban J connectivity index is 1.91. The summed E-state index contributed by atoms with van der Waals surface area (Å²) in [5, 5.41) is 16.3. The fraction of sp³-hybridized carbons (Fsp3) is 0.500. The van der Waals surface area contributed by atoms with Gasteiger partial charge < -0.3 is 10.1 Å². The minimum atomic E-state index is -0.158. The number of ether oxygens (including phenoxy) is 1. The van der Waals surface area contributed by atoms with Crippen LogP contribution < -0.4 is 10.1 Å². The van der Waals surface area contributed by atoms with Crippen molar-refractivity contribution in [3.8, 4) is 5.75 Å². The number of rotatable bonds is 5. The molecule has 1 N–H and O–H groups in total. The van der Waals surface area contributed by atoms with Crippen molar-refractivity contribution < 1.29 is 4.74 Å². The van der Waals surface area contributed by atoms with Gasteiger partial charge in [-0.15, -0.1) is 10.2 Å². The Morgan fingerprint density at radius 1 is 1.29 bits per heavy atom. The number of hydrogen-bond acceptors (Lipinski definition) is 5. The first kappa shape index (κ1) is 15.7. The van der Waals surface area contributed by atoms with Crippen molar-refractivity contribution in [1.29, 1.82) is 0 Å². The molecular formula is C14H20ClN5O. The molecular weight excluding hydrogens is 290 g/mol. The van der Waals surface area contributed by atoms with Crippen LogP contribution in [-0.4, -0.2) is 27.3 Å². The van der Waals surface area contributed by atoms with Crippen molar-refractivity contribution in [3.63, 3.8) is 0 Å². The average molecular weight is 310 g/mol. The fourth-order valence-corrected chi connectivity index (χ4v) is 1.93. The number of nitrogens with zero attached hydrogens (tertiary/aromatic N) is 4. The van der Waals surface area contributed by atoms with E-state index >= 15 is 0 Å². The quantitative estimate of drug-likeness (QED) is 0.918. The van der Waals surface area contributed by atoms with Gasteiger partial charge in [-0.1, -0.05) is 17.7 Å². The van der Waals surface area contributed by atoms with Crippen molar-refractivity contribution in [2.45, 2.75) is 39.4 Å². The van der Waals surface area contributed by atoms with Gasteiger partial charge in [0.25, 0.3) is 0 Å². The maximum absolute atomic E-state index is 6.00. The first-order chi connectivity index (χ1) is 9.90. The van der Waals surface area contributed by atoms with Gasteiger partial charge in [-0.3, -0.25) is 0 Å². The standard InChI is InChI=1S/C14H20ClN5O/c1-14(2,3)20-18-13(17-19-20)9-16-8-10-5-6-11(15)12(7-10)21-4/h5-7,16H,8-9H2,1-4H3. The minimum absolute atomic E-state index is 0.158. The van der Waals surface area contributed by atoms with E-state index < -0.39 is 0 Å². The van der Waals surface area contributed by atoms with E-state index in [1.54, 1.807) is 11.9 Å². The highest BCUT2D eigenvalue weighted by molar-refractivity contribution is 6.32. The Labute approximate surface area is 129 Å². The molecule has 2 aromatic rings. The van der Waals surface area contributed by atoms with Crippen molar-refractivity contribution >= 4 is 11.6 Å². The molecule has 0 radical (unpaired) electrons. The van der Waals surface area contributed by atoms with Gasteiger partial charge in [0.15, 0.2) is 5.82 Å². The molecule has 0 aliphatic heterocycles. The molecule has 2 rings (SSSR count). The number of halogens is 1. The Morgan fingerprint density at radius 2 is 2.05 bits per heavy atom. The Kier molecular flexibility index (Phi) is 4.80. The Hall–Kier alpha value is -1.66. The van der Waals surface area contributed by atoms with Crippen LogP contribution in [0.4, 0.5) is 0 Å². The SMILES string of the molecule is COc1cc(CNCc2nnn(C(C)(C)C)n2)ccc1Cl. The number of nitrogens with one attached hydrogen (secondary N) is 1. The summed E-state index contributed by atoms with van der Waals surface area (Å²) >= 11 is 6.00. The van der Waals surface area contributed by atoms with Crippen LogP contribution in [0.5, 0.6) is 5.75 Å². The molecule has 0 spiro atoms. The molecule has 0 unspecified atom stereocenters. The molecule has 0 aliphatic rings. The predicted octanol–water partition coefficient (Wildman–Crippen LogP) is 2.38. The van der Waals surface area contributed by atoms with Gasteiger partial charge in [-0.2, -0.15) is 4.80 Å². The summed E-state index contributed by atoms with van der Waals surface area (Å²) in [7, 11) is 1.60. The molecule has 0 saturated heterocycles. The number of methoxy groups -OCH3 is 1. The van der Waals surface area contributed by atoms with Crippen LogP contribution in [-0.2, 0) is 18.6 Å². The number of aromatic nitrogens is 4. The third-order valence-electron chi connectivity index (χ3n) is 2.88. The molecule has 0 aliphatic carbocycles. The van der Waals surface area contributed by atoms with E-state index in [0.29, 0.717) is 29.7 Å². The molecule has 0 atom stereocenters. The lowest BCUT2D eigenvalue weighted by Gasteiger charge is -2.15. The topological polar surface area (TPSA) is 64.9 Å². The molecule has 6 nitrogen and oxygen atoms in total. The summed E-state index contributed by atoms with van der Waals surface area (Å²) in [4.78, 5) is 1.62. The molecule has 1 aromatic carbocycles. The fourth-order valence-electron chi connectivity index (χ4n) is 1.73. The second-order valence-electron chi connectivity index (χ2n) is 5.74. The first-order valence-corrected chi connectivity index (χ1v) is 7.10. The van der Waals surface area contributed by atoms with Gasteiger partial charge in [0, 0.05) is 6.54 Å². The Morgan fingerprint density at radius 3 is 2.67 bits per heavy atom. The van der Waals surface area contributed by atoms with Crippen LogP contribution in [0.2, 0.25) is 5.02 Å². The normalized spacial score (nSPS) is 11.7. The zero-order valence-corrected chi connectivity index (χ0v) is 13.5. The molecule has 1 heterocycles. The van der Waals surface area contributed by atoms with Crippen molar-refractivity contribution in [1.82, 2.24) is 25.5 Å². The van der Waals surface area contributed by atoms with E-state index in [-0.39, 0.29) is 5.54 Å². The van der Waals surface area contributed by atoms with Gasteiger partial charge in [-0.25, -0.2) is 0 Å². The van der Waals surface area contributed by atoms with E-state index in [2.05, 4.69) is 20.7 Å². The zero-order chi connectivity index (χ0) is 15.5. The van der Waals surface area contributed by atoms with E-state index in [9.17, 15) is 0 Å². The first-order valence-electron chi connectivity index (χ1n) is 6.72. The lowest BCUT2D eigenvalue weighted by Crippen LogP contribution is -2.25. The second kappa shape index (κ2) is 6.41. The largest absolute Gasteiger partial charge is 0.495 e. The van der Waals surface area contributed by atoms with E-state index in [1.165, 1.54) is 0 Å². The van der Waals surface area contributed by atoms with Crippen LogP contribution in [0.1, 0.15) is 32.2 Å². The number of benzene rings is 1. The number of tetrazole rings is 1. The van der Waals surface area contributed by atoms with Gasteiger partial charge in [0.1, 0.15) is 5.75 Å². The average Bonchev–Trinajstić information content (AvgIpc) is 2.89. The van der Waals surface area contributed by atoms with Crippen LogP contribution in [0, 0.1) is 0 Å². The lowest BCUT2D eigenvalue weighted by atomic mass is 10.1. The number of hydrogen-bond donors (Lipinski definition) is 1. The maximum Gasteiger partial charge on any atom is 0.188 e. The molecule has 0 amide bonds. The highest BCUT2D eigenvalue weighted by atomic mass is 35.5. The van der Waals surface area contributed by atoms with Crippen LogP contribution in [0.15, 0.2) is 18.2 Å². The molecule has 114 valence electrons. The van der Waals surface area contributed by atoms with Gasteiger partial charge >= 0.3 is 0 Å². The summed E-state index contributed by atoms with van der Waals surface area (Å²) in [6.07, 6.45) is 0. The second-order valence-corrected chi connectivity index (χ2v) is 6.15. The summed E-state index contributed by atoms with van der Waals surface area (Å²) in [6, 6.07) is 5.69. The lowest BCUT2D eigenvalue weighted by molar-refractivity contribution is 0.305. The highest BCUT2D eigenvalue weighted by Gasteiger charge is 2.16. The Bertz CT molecular complexity index is 606. The van der Waals surface area contributed by atoms with Gasteiger partial charge in [0.2, 0.25) is 0 Å². The molecule has 0 bridgehead atoms. The minimum Gasteiger partial charge on any atom is -0.495 e. The van der Waals surface area contributed by atoms with Gasteiger partial charge in [0.05, 0.1) is 24.2 Å². The highest BCUT2D eigenvalue weighted by Crippen LogP contribution is 2.24. The predicted molar refractivity (Wildman–Crippen MR) is 81.4 cm³/mol. The van der Waals surface area contributed by atoms with Crippen LogP contribution in [0.3, 0.4) is 0 Å². The van der Waals surface area contributed by atoms with Crippen LogP contribution >= 0.6 is 11.6 Å². The molecule has 21 heavy (non-hydrogen) atoms. The van der Waals surface area contributed by atoms with Crippen molar-refractivity contribution in [2.75, 3.05) is 7.11 Å². The molecule has 1 aromatic heterocycles. The summed E-state index contributed by atoms with van der Waals surface area (Å²) < 4.78 is 5.19. The third kappa shape index (κ3) is 4.15. The van der Waals surface area contributed by atoms with Gasteiger partial charge in [-0.05, 0) is 43.7 Å². The van der Waals surface area contributed by atoms with E-state index in [4.69, 9.17) is 16.3 Å². The molecule has 0 saturated carbocycles. The van der Waals surface area contributed by atoms with Crippen LogP contribution in [0.25, 0.3) is 0 Å². The smallest absolute Gasteiger partial charge is 0.188 e. The third-order valence-corrected chi connectivity index (χ3v) is 3.20. The molecule has 0 fully saturated rings. The summed E-state index contributed by atoms with van der Waals surface area (Å²) in [5.41, 5.74) is 0.925. The van der Waals surface area contributed by atoms with E-state index in [0.717, 1.165) is 5.56 Å². The van der Waals surface area contributed by atoms with Crippen molar-refractivity contribution in [2.24, 2.45) is 0 Å². The zero-order valence-electron chi connectivity index (χ0n) is 12.7. The molecule has 7 heteroatoms. The monoisotopic (exact) mass is 309 g/mol.